The van der Waals surface area contributed by atoms with Gasteiger partial charge in [-0.15, -0.1) is 0 Å². The van der Waals surface area contributed by atoms with Gasteiger partial charge in [0.2, 0.25) is 5.91 Å². The number of hydrogen-bond acceptors (Lipinski definition) is 3. The van der Waals surface area contributed by atoms with Crippen molar-refractivity contribution < 1.29 is 18.0 Å². The highest BCUT2D eigenvalue weighted by Gasteiger charge is 2.26. The van der Waals surface area contributed by atoms with E-state index in [2.05, 4.69) is 10.4 Å². The van der Waals surface area contributed by atoms with E-state index in [9.17, 15) is 18.0 Å². The van der Waals surface area contributed by atoms with Crippen LogP contribution in [0.3, 0.4) is 0 Å². The topological polar surface area (TPSA) is 59.0 Å². The smallest absolute Gasteiger partial charge is 0.353 e. The summed E-state index contributed by atoms with van der Waals surface area (Å²) in [6.45, 7) is -0.704. The van der Waals surface area contributed by atoms with Crippen molar-refractivity contribution in [3.8, 4) is 0 Å². The van der Waals surface area contributed by atoms with Gasteiger partial charge in [0.25, 0.3) is 0 Å². The first-order valence-electron chi connectivity index (χ1n) is 4.99. The number of nitrogens with one attached hydrogen (secondary N) is 2. The van der Waals surface area contributed by atoms with Gasteiger partial charge in [0.15, 0.2) is 0 Å². The monoisotopic (exact) mass is 250 g/mol. The average molecular weight is 250 g/mol. The number of carbonyl (C=O) groups is 1. The number of carbonyl (C=O) groups excluding carboxylic acids is 1. The van der Waals surface area contributed by atoms with Crippen molar-refractivity contribution in [2.45, 2.75) is 12.7 Å². The van der Waals surface area contributed by atoms with Gasteiger partial charge in [-0.1, -0.05) is 0 Å². The number of halogens is 3. The highest BCUT2D eigenvalue weighted by molar-refractivity contribution is 5.77. The summed E-state index contributed by atoms with van der Waals surface area (Å²) >= 11 is 0. The molecular weight excluding hydrogens is 237 g/mol. The van der Waals surface area contributed by atoms with Crippen LogP contribution in [0.5, 0.6) is 0 Å². The number of hydrogen-bond donors (Lipinski definition) is 2. The van der Waals surface area contributed by atoms with E-state index in [0.29, 0.717) is 13.1 Å². The maximum Gasteiger partial charge on any atom is 0.401 e. The standard InChI is InChI=1S/C9H13F3N4O/c10-9(11,12)7-13-6-8(17)14-3-5-16-4-1-2-15-16/h1-2,4,13H,3,5-7H2,(H,14,17). The van der Waals surface area contributed by atoms with Gasteiger partial charge in [-0.05, 0) is 6.07 Å². The molecule has 8 heteroatoms. The fraction of sp³-hybridized carbons (Fsp3) is 0.556. The maximum atomic E-state index is 11.7. The highest BCUT2D eigenvalue weighted by Crippen LogP contribution is 2.11. The van der Waals surface area contributed by atoms with Gasteiger partial charge < -0.3 is 10.6 Å². The van der Waals surface area contributed by atoms with Crippen LogP contribution in [-0.4, -0.2) is 41.5 Å². The minimum atomic E-state index is -4.30. The molecule has 1 rings (SSSR count). The minimum Gasteiger partial charge on any atom is -0.353 e. The molecule has 2 N–H and O–H groups in total. The third-order valence-electron chi connectivity index (χ3n) is 1.83. The molecule has 0 fully saturated rings. The molecule has 5 nitrogen and oxygen atoms in total. The Hall–Kier alpha value is -1.57. The largest absolute Gasteiger partial charge is 0.401 e. The molecule has 0 spiro atoms. The predicted octanol–water partition coefficient (Wildman–Crippen LogP) is 0.151. The van der Waals surface area contributed by atoms with Crippen LogP contribution in [0.25, 0.3) is 0 Å². The molecule has 0 radical (unpaired) electrons. The molecule has 0 aliphatic rings. The highest BCUT2D eigenvalue weighted by atomic mass is 19.4. The molecule has 17 heavy (non-hydrogen) atoms. The summed E-state index contributed by atoms with van der Waals surface area (Å²) in [6, 6.07) is 1.74. The molecule has 0 aliphatic heterocycles. The van der Waals surface area contributed by atoms with Gasteiger partial charge in [-0.3, -0.25) is 9.48 Å². The van der Waals surface area contributed by atoms with Crippen LogP contribution < -0.4 is 10.6 Å². The Balaban J connectivity index is 2.05. The van der Waals surface area contributed by atoms with Gasteiger partial charge >= 0.3 is 6.18 Å². The van der Waals surface area contributed by atoms with Crippen LogP contribution in [0.4, 0.5) is 13.2 Å². The van der Waals surface area contributed by atoms with E-state index >= 15 is 0 Å². The second-order valence-corrected chi connectivity index (χ2v) is 3.34. The van der Waals surface area contributed by atoms with Gasteiger partial charge in [0.05, 0.1) is 19.6 Å². The van der Waals surface area contributed by atoms with Crippen LogP contribution in [0.1, 0.15) is 0 Å². The van der Waals surface area contributed by atoms with Gasteiger partial charge in [0, 0.05) is 18.9 Å². The van der Waals surface area contributed by atoms with Crippen LogP contribution in [0.2, 0.25) is 0 Å². The van der Waals surface area contributed by atoms with Gasteiger partial charge in [-0.2, -0.15) is 18.3 Å². The molecule has 0 aliphatic carbocycles. The molecule has 1 amide bonds. The van der Waals surface area contributed by atoms with E-state index < -0.39 is 18.6 Å². The lowest BCUT2D eigenvalue weighted by atomic mass is 10.5. The van der Waals surface area contributed by atoms with E-state index in [-0.39, 0.29) is 6.54 Å². The summed E-state index contributed by atoms with van der Waals surface area (Å²) in [6.07, 6.45) is -0.962. The van der Waals surface area contributed by atoms with Gasteiger partial charge in [-0.25, -0.2) is 0 Å². The lowest BCUT2D eigenvalue weighted by Crippen LogP contribution is -2.39. The van der Waals surface area contributed by atoms with Gasteiger partial charge in [0.1, 0.15) is 0 Å². The zero-order chi connectivity index (χ0) is 12.7. The van der Waals surface area contributed by atoms with Crippen LogP contribution in [-0.2, 0) is 11.3 Å². The van der Waals surface area contributed by atoms with Crippen molar-refractivity contribution in [1.29, 1.82) is 0 Å². The van der Waals surface area contributed by atoms with Crippen molar-refractivity contribution in [2.75, 3.05) is 19.6 Å². The molecular formula is C9H13F3N4O. The van der Waals surface area contributed by atoms with Crippen molar-refractivity contribution in [3.05, 3.63) is 18.5 Å². The van der Waals surface area contributed by atoms with Crippen LogP contribution in [0.15, 0.2) is 18.5 Å². The lowest BCUT2D eigenvalue weighted by molar-refractivity contribution is -0.128. The SMILES string of the molecule is O=C(CNCC(F)(F)F)NCCn1cccn1. The quantitative estimate of drug-likeness (QED) is 0.755. The summed E-state index contributed by atoms with van der Waals surface area (Å²) < 4.78 is 36.8. The van der Waals surface area contributed by atoms with E-state index in [4.69, 9.17) is 0 Å². The molecule has 96 valence electrons. The molecule has 1 aromatic rings. The van der Waals surface area contributed by atoms with Crippen molar-refractivity contribution in [3.63, 3.8) is 0 Å². The molecule has 0 aromatic carbocycles. The fourth-order valence-corrected chi connectivity index (χ4v) is 1.12. The second kappa shape index (κ2) is 6.24. The Kier molecular flexibility index (Phi) is 4.95. The first-order chi connectivity index (χ1) is 7.97. The van der Waals surface area contributed by atoms with Crippen molar-refractivity contribution >= 4 is 5.91 Å². The molecule has 1 heterocycles. The first-order valence-corrected chi connectivity index (χ1v) is 4.99. The number of alkyl halides is 3. The average Bonchev–Trinajstić information content (AvgIpc) is 2.68. The summed E-state index contributed by atoms with van der Waals surface area (Å²) in [4.78, 5) is 11.1. The Labute approximate surface area is 96.0 Å². The molecule has 0 atom stereocenters. The zero-order valence-electron chi connectivity index (χ0n) is 9.00. The maximum absolute atomic E-state index is 11.7. The summed E-state index contributed by atoms with van der Waals surface area (Å²) in [5.74, 6) is -0.471. The Morgan fingerprint density at radius 3 is 2.76 bits per heavy atom. The second-order valence-electron chi connectivity index (χ2n) is 3.34. The summed E-state index contributed by atoms with van der Waals surface area (Å²) in [7, 11) is 0. The fourth-order valence-electron chi connectivity index (χ4n) is 1.12. The summed E-state index contributed by atoms with van der Waals surface area (Å²) in [5, 5.41) is 8.40. The number of aromatic nitrogens is 2. The van der Waals surface area contributed by atoms with E-state index in [0.717, 1.165) is 0 Å². The Morgan fingerprint density at radius 2 is 2.18 bits per heavy atom. The first kappa shape index (κ1) is 13.5. The van der Waals surface area contributed by atoms with E-state index in [1.807, 2.05) is 5.32 Å². The van der Waals surface area contributed by atoms with Crippen LogP contribution in [0, 0.1) is 0 Å². The zero-order valence-corrected chi connectivity index (χ0v) is 9.00. The number of rotatable bonds is 6. The van der Waals surface area contributed by atoms with Crippen LogP contribution >= 0.6 is 0 Å². The van der Waals surface area contributed by atoms with E-state index in [1.165, 1.54) is 0 Å². The minimum absolute atomic E-state index is 0.328. The number of nitrogens with zero attached hydrogens (tertiary/aromatic N) is 2. The third-order valence-corrected chi connectivity index (χ3v) is 1.83. The van der Waals surface area contributed by atoms with Crippen molar-refractivity contribution in [1.82, 2.24) is 20.4 Å². The van der Waals surface area contributed by atoms with Crippen molar-refractivity contribution in [2.24, 2.45) is 0 Å². The van der Waals surface area contributed by atoms with E-state index in [1.54, 1.807) is 23.1 Å². The number of amides is 1. The Bertz CT molecular complexity index is 337. The predicted molar refractivity (Wildman–Crippen MR) is 54.2 cm³/mol. The third kappa shape index (κ3) is 6.56. The molecule has 0 saturated carbocycles. The molecule has 0 saturated heterocycles. The molecule has 1 aromatic heterocycles. The molecule has 0 bridgehead atoms. The summed E-state index contributed by atoms with van der Waals surface area (Å²) in [5.41, 5.74) is 0. The Morgan fingerprint density at radius 1 is 1.41 bits per heavy atom. The lowest BCUT2D eigenvalue weighted by Gasteiger charge is -2.08. The normalized spacial score (nSPS) is 11.5. The molecule has 0 unspecified atom stereocenters.